The molecule has 0 fully saturated rings. The highest BCUT2D eigenvalue weighted by Gasteiger charge is 2.12. The highest BCUT2D eigenvalue weighted by Crippen LogP contribution is 2.19. The summed E-state index contributed by atoms with van der Waals surface area (Å²) >= 11 is 0. The molecular formula is C13H11FN2O2. The minimum Gasteiger partial charge on any atom is -0.507 e. The topological polar surface area (TPSA) is 62.2 Å². The van der Waals surface area contributed by atoms with Crippen LogP contribution in [-0.2, 0) is 0 Å². The van der Waals surface area contributed by atoms with Gasteiger partial charge in [0.25, 0.3) is 5.91 Å². The van der Waals surface area contributed by atoms with Gasteiger partial charge in [-0.15, -0.1) is 0 Å². The maximum absolute atomic E-state index is 13.0. The third-order valence-electron chi connectivity index (χ3n) is 2.34. The summed E-state index contributed by atoms with van der Waals surface area (Å²) in [5, 5.41) is 12.0. The van der Waals surface area contributed by atoms with Crippen molar-refractivity contribution in [1.82, 2.24) is 4.98 Å². The number of hydrogen-bond donors (Lipinski definition) is 2. The summed E-state index contributed by atoms with van der Waals surface area (Å²) in [6.07, 6.45) is 3.12. The molecule has 92 valence electrons. The van der Waals surface area contributed by atoms with Crippen molar-refractivity contribution in [2.45, 2.75) is 6.92 Å². The number of phenols is 1. The molecule has 4 nitrogen and oxygen atoms in total. The molecule has 0 aliphatic rings. The Bertz CT molecular complexity index is 599. The van der Waals surface area contributed by atoms with Crippen LogP contribution in [0.15, 0.2) is 36.7 Å². The van der Waals surface area contributed by atoms with E-state index in [1.807, 2.05) is 6.92 Å². The van der Waals surface area contributed by atoms with E-state index in [0.717, 1.165) is 23.8 Å². The molecule has 2 N–H and O–H groups in total. The van der Waals surface area contributed by atoms with Gasteiger partial charge in [0.1, 0.15) is 11.6 Å². The summed E-state index contributed by atoms with van der Waals surface area (Å²) < 4.78 is 13.0. The van der Waals surface area contributed by atoms with Crippen molar-refractivity contribution in [2.75, 3.05) is 5.32 Å². The smallest absolute Gasteiger partial charge is 0.259 e. The molecule has 1 heterocycles. The van der Waals surface area contributed by atoms with Crippen LogP contribution in [0.25, 0.3) is 0 Å². The molecule has 0 radical (unpaired) electrons. The SMILES string of the molecule is Cc1cncc(NC(=O)c2cc(F)ccc2O)c1. The van der Waals surface area contributed by atoms with Gasteiger partial charge < -0.3 is 10.4 Å². The number of aryl methyl sites for hydroxylation is 1. The normalized spacial score (nSPS) is 10.1. The van der Waals surface area contributed by atoms with Gasteiger partial charge in [0.15, 0.2) is 0 Å². The van der Waals surface area contributed by atoms with E-state index in [2.05, 4.69) is 10.3 Å². The van der Waals surface area contributed by atoms with Gasteiger partial charge in [-0.2, -0.15) is 0 Å². The van der Waals surface area contributed by atoms with Crippen LogP contribution in [0.4, 0.5) is 10.1 Å². The Hall–Kier alpha value is -2.43. The van der Waals surface area contributed by atoms with Crippen molar-refractivity contribution < 1.29 is 14.3 Å². The van der Waals surface area contributed by atoms with Crippen LogP contribution in [0.1, 0.15) is 15.9 Å². The lowest BCUT2D eigenvalue weighted by Crippen LogP contribution is -2.12. The molecule has 0 unspecified atom stereocenters. The Morgan fingerprint density at radius 2 is 2.11 bits per heavy atom. The van der Waals surface area contributed by atoms with Crippen LogP contribution < -0.4 is 5.32 Å². The highest BCUT2D eigenvalue weighted by molar-refractivity contribution is 6.06. The Labute approximate surface area is 103 Å². The van der Waals surface area contributed by atoms with E-state index in [9.17, 15) is 14.3 Å². The lowest BCUT2D eigenvalue weighted by Gasteiger charge is -2.07. The summed E-state index contributed by atoms with van der Waals surface area (Å²) in [4.78, 5) is 15.8. The molecule has 0 bridgehead atoms. The lowest BCUT2D eigenvalue weighted by molar-refractivity contribution is 0.102. The molecule has 0 saturated heterocycles. The zero-order valence-corrected chi connectivity index (χ0v) is 9.64. The maximum Gasteiger partial charge on any atom is 0.259 e. The van der Waals surface area contributed by atoms with Crippen LogP contribution in [0.2, 0.25) is 0 Å². The first-order valence-electron chi connectivity index (χ1n) is 5.28. The van der Waals surface area contributed by atoms with Gasteiger partial charge in [-0.3, -0.25) is 9.78 Å². The minimum atomic E-state index is -0.584. The maximum atomic E-state index is 13.0. The largest absolute Gasteiger partial charge is 0.507 e. The van der Waals surface area contributed by atoms with E-state index in [-0.39, 0.29) is 11.3 Å². The average molecular weight is 246 g/mol. The number of halogens is 1. The molecule has 1 amide bonds. The van der Waals surface area contributed by atoms with E-state index in [1.165, 1.54) is 6.20 Å². The van der Waals surface area contributed by atoms with E-state index in [1.54, 1.807) is 12.3 Å². The van der Waals surface area contributed by atoms with Gasteiger partial charge in [0.2, 0.25) is 0 Å². The number of carbonyl (C=O) groups is 1. The lowest BCUT2D eigenvalue weighted by atomic mass is 10.1. The number of pyridine rings is 1. The fourth-order valence-electron chi connectivity index (χ4n) is 1.51. The van der Waals surface area contributed by atoms with Crippen molar-refractivity contribution in [3.8, 4) is 5.75 Å². The number of aromatic hydroxyl groups is 1. The molecule has 0 saturated carbocycles. The molecule has 1 aromatic carbocycles. The highest BCUT2D eigenvalue weighted by atomic mass is 19.1. The van der Waals surface area contributed by atoms with Crippen molar-refractivity contribution >= 4 is 11.6 Å². The molecule has 2 aromatic rings. The molecule has 0 aliphatic carbocycles. The Morgan fingerprint density at radius 1 is 1.33 bits per heavy atom. The van der Waals surface area contributed by atoms with E-state index >= 15 is 0 Å². The van der Waals surface area contributed by atoms with Crippen LogP contribution in [0.5, 0.6) is 5.75 Å². The van der Waals surface area contributed by atoms with Crippen molar-refractivity contribution in [3.63, 3.8) is 0 Å². The van der Waals surface area contributed by atoms with Crippen LogP contribution in [-0.4, -0.2) is 16.0 Å². The first-order chi connectivity index (χ1) is 8.56. The van der Waals surface area contributed by atoms with E-state index < -0.39 is 11.7 Å². The number of nitrogens with zero attached hydrogens (tertiary/aromatic N) is 1. The number of aromatic nitrogens is 1. The molecule has 2 rings (SSSR count). The number of amides is 1. The Morgan fingerprint density at radius 3 is 2.83 bits per heavy atom. The molecule has 0 atom stereocenters. The van der Waals surface area contributed by atoms with Gasteiger partial charge in [-0.25, -0.2) is 4.39 Å². The number of carbonyl (C=O) groups excluding carboxylic acids is 1. The van der Waals surface area contributed by atoms with Crippen molar-refractivity contribution in [1.29, 1.82) is 0 Å². The van der Waals surface area contributed by atoms with Crippen LogP contribution >= 0.6 is 0 Å². The Balaban J connectivity index is 2.24. The first-order valence-corrected chi connectivity index (χ1v) is 5.28. The second-order valence-electron chi connectivity index (χ2n) is 3.87. The number of anilines is 1. The predicted octanol–water partition coefficient (Wildman–Crippen LogP) is 2.49. The molecule has 0 spiro atoms. The number of phenolic OH excluding ortho intramolecular Hbond substituents is 1. The molecule has 1 aromatic heterocycles. The third kappa shape index (κ3) is 2.63. The molecular weight excluding hydrogens is 235 g/mol. The second kappa shape index (κ2) is 4.83. The number of nitrogens with one attached hydrogen (secondary N) is 1. The standard InChI is InChI=1S/C13H11FN2O2/c1-8-4-10(7-15-6-8)16-13(18)11-5-9(14)2-3-12(11)17/h2-7,17H,1H3,(H,16,18). The minimum absolute atomic E-state index is 0.114. The summed E-state index contributed by atoms with van der Waals surface area (Å²) in [6.45, 7) is 1.84. The van der Waals surface area contributed by atoms with Gasteiger partial charge in [-0.05, 0) is 36.8 Å². The zero-order chi connectivity index (χ0) is 13.1. The van der Waals surface area contributed by atoms with Crippen LogP contribution in [0, 0.1) is 12.7 Å². The van der Waals surface area contributed by atoms with E-state index in [4.69, 9.17) is 0 Å². The second-order valence-corrected chi connectivity index (χ2v) is 3.87. The Kier molecular flexibility index (Phi) is 3.23. The van der Waals surface area contributed by atoms with Crippen LogP contribution in [0.3, 0.4) is 0 Å². The quantitative estimate of drug-likeness (QED) is 0.855. The zero-order valence-electron chi connectivity index (χ0n) is 9.64. The fourth-order valence-corrected chi connectivity index (χ4v) is 1.51. The van der Waals surface area contributed by atoms with E-state index in [0.29, 0.717) is 5.69 Å². The summed E-state index contributed by atoms with van der Waals surface area (Å²) in [6, 6.07) is 4.92. The van der Waals surface area contributed by atoms with Crippen molar-refractivity contribution in [2.24, 2.45) is 0 Å². The monoisotopic (exact) mass is 246 g/mol. The van der Waals surface area contributed by atoms with Gasteiger partial charge in [0.05, 0.1) is 17.4 Å². The van der Waals surface area contributed by atoms with Gasteiger partial charge in [-0.1, -0.05) is 0 Å². The van der Waals surface area contributed by atoms with Gasteiger partial charge in [0, 0.05) is 6.20 Å². The third-order valence-corrected chi connectivity index (χ3v) is 2.34. The molecule has 18 heavy (non-hydrogen) atoms. The summed E-state index contributed by atoms with van der Waals surface area (Å²) in [5.74, 6) is -1.44. The molecule has 5 heteroatoms. The van der Waals surface area contributed by atoms with Gasteiger partial charge >= 0.3 is 0 Å². The first kappa shape index (κ1) is 12.0. The fraction of sp³-hybridized carbons (Fsp3) is 0.0769. The number of benzene rings is 1. The summed E-state index contributed by atoms with van der Waals surface area (Å²) in [5.41, 5.74) is 1.26. The molecule has 0 aliphatic heterocycles. The predicted molar refractivity (Wildman–Crippen MR) is 65.0 cm³/mol. The summed E-state index contributed by atoms with van der Waals surface area (Å²) in [7, 11) is 0. The number of hydrogen-bond acceptors (Lipinski definition) is 3. The van der Waals surface area contributed by atoms with Crippen molar-refractivity contribution in [3.05, 3.63) is 53.6 Å². The number of rotatable bonds is 2. The average Bonchev–Trinajstić information content (AvgIpc) is 2.32.